The third-order valence-electron chi connectivity index (χ3n) is 18.0. The Morgan fingerprint density at radius 3 is 1.89 bits per heavy atom. The molecule has 8 atom stereocenters. The second kappa shape index (κ2) is 33.3. The molecule has 3 aromatic heterocycles. The zero-order valence-corrected chi connectivity index (χ0v) is 55.2. The van der Waals surface area contributed by atoms with Gasteiger partial charge in [0.05, 0.1) is 32.3 Å². The van der Waals surface area contributed by atoms with Gasteiger partial charge in [0.1, 0.15) is 53.1 Å². The number of amides is 10. The third kappa shape index (κ3) is 19.3. The highest BCUT2D eigenvalue weighted by Gasteiger charge is 2.49. The van der Waals surface area contributed by atoms with Gasteiger partial charge in [-0.2, -0.15) is 0 Å². The van der Waals surface area contributed by atoms with Crippen LogP contribution in [0.5, 0.6) is 5.75 Å². The lowest BCUT2D eigenvalue weighted by molar-refractivity contribution is -0.147. The Morgan fingerprint density at radius 1 is 0.650 bits per heavy atom. The zero-order valence-electron chi connectivity index (χ0n) is 55.2. The van der Waals surface area contributed by atoms with E-state index in [1.54, 1.807) is 48.5 Å². The van der Waals surface area contributed by atoms with Gasteiger partial charge in [0.2, 0.25) is 59.1 Å². The number of carbonyl (C=O) groups is 12. The standard InChI is InChI=1S/C70H80F2N14O14/c1-38-64(94)81-53(26-44-34-76-52-20-16-46(72)29-50(44)52)58(87)27-42(25-43-33-75-51-19-15-45(71)28-49(43)51)65(95)82-55(31-62(91)92)67(97)83-54(30-47-35-74-37-79-47)66(96)84-56(23-39-13-17-48(100-3)18-14-39)68(98)86-22-6-21-70(86,2)69(99)85-57(63(73)93)36-78-61(90)24-40-9-11-41(12-10-40)32-77-59(88)7-4-5-8-60(89)80-38/h9-20,28-29,33-35,37-38,42,53-57,75-76H,4-8,21-27,30-32,36H2,1-3H3,(H2,73,93)(H,74,79)(H,77,88)(H,78,90)(H,80,89)(H,81,94)(H,82,95)(H,83,97)(H,84,96)(H,85,99)(H,91,92)/t38-,42-,53+,54-,55+,56+,57+,70+/m1/s1. The van der Waals surface area contributed by atoms with Crippen molar-refractivity contribution in [3.8, 4) is 5.75 Å². The molecule has 0 saturated carbocycles. The number of carboxylic acids is 1. The highest BCUT2D eigenvalue weighted by atomic mass is 19.1. The van der Waals surface area contributed by atoms with Crippen molar-refractivity contribution < 1.29 is 76.2 Å². The first-order valence-electron chi connectivity index (χ1n) is 32.7. The maximum Gasteiger partial charge on any atom is 0.305 e. The lowest BCUT2D eigenvalue weighted by Crippen LogP contribution is -2.64. The Labute approximate surface area is 572 Å². The summed E-state index contributed by atoms with van der Waals surface area (Å²) >= 11 is 0. The molecular weight excluding hydrogens is 1300 g/mol. The second-order valence-electron chi connectivity index (χ2n) is 25.3. The Bertz CT molecular complexity index is 4180. The normalized spacial score (nSPS) is 22.9. The van der Waals surface area contributed by atoms with Crippen molar-refractivity contribution >= 4 is 92.6 Å². The monoisotopic (exact) mass is 1380 g/mol. The Hall–Kier alpha value is -11.3. The number of carboxylic acid groups (broad SMARTS) is 1. The second-order valence-corrected chi connectivity index (χ2v) is 25.3. The van der Waals surface area contributed by atoms with Crippen molar-refractivity contribution in [2.24, 2.45) is 11.7 Å². The fourth-order valence-electron chi connectivity index (χ4n) is 12.3. The Balaban J connectivity index is 1.05. The minimum Gasteiger partial charge on any atom is -0.497 e. The molecule has 0 spiro atoms. The van der Waals surface area contributed by atoms with Crippen LogP contribution in [-0.2, 0) is 96.2 Å². The summed E-state index contributed by atoms with van der Waals surface area (Å²) in [4.78, 5) is 183. The lowest BCUT2D eigenvalue weighted by Gasteiger charge is -2.37. The highest BCUT2D eigenvalue weighted by molar-refractivity contribution is 6.00. The van der Waals surface area contributed by atoms with Crippen molar-refractivity contribution in [3.63, 3.8) is 0 Å². The molecule has 10 rings (SSSR count). The number of nitrogens with one attached hydrogen (secondary N) is 11. The molecule has 28 nitrogen and oxygen atoms in total. The van der Waals surface area contributed by atoms with Crippen LogP contribution >= 0.6 is 0 Å². The van der Waals surface area contributed by atoms with Gasteiger partial charge in [-0.15, -0.1) is 0 Å². The largest absolute Gasteiger partial charge is 0.497 e. The van der Waals surface area contributed by atoms with Crippen LogP contribution in [0.25, 0.3) is 21.8 Å². The van der Waals surface area contributed by atoms with E-state index in [0.717, 1.165) is 0 Å². The smallest absolute Gasteiger partial charge is 0.305 e. The SMILES string of the molecule is COc1ccc(C[C@@H]2NC(=O)[C@@H](Cc3cnc[nH]3)NC(=O)[C@H](CC(=O)O)NC(=O)[C@H](Cc3c[nH]c4ccc(F)cc34)CC(=O)[C@H](Cc3c[nH]c4ccc(F)cc34)NC(=O)[C@@H](C)NC(=O)CCCCC(=O)NCc3ccc(cc3)CC(=O)NC[C@@H](C(N)=O)NC(=O)[C@]3(C)CCCN3C2=O)cc1. The molecule has 1 fully saturated rings. The summed E-state index contributed by atoms with van der Waals surface area (Å²) in [6, 6.07) is 11.6. The quantitative estimate of drug-likeness (QED) is 0.0781. The number of rotatable bonds is 12. The van der Waals surface area contributed by atoms with E-state index in [-0.39, 0.29) is 95.3 Å². The van der Waals surface area contributed by atoms with Gasteiger partial charge in [-0.25, -0.2) is 13.8 Å². The fraction of sp³-hybridized carbons (Fsp3) is 0.386. The average molecular weight is 1380 g/mol. The van der Waals surface area contributed by atoms with Crippen molar-refractivity contribution in [2.75, 3.05) is 20.2 Å². The number of H-pyrrole nitrogens is 3. The van der Waals surface area contributed by atoms with Crippen molar-refractivity contribution in [2.45, 2.75) is 146 Å². The predicted molar refractivity (Wildman–Crippen MR) is 358 cm³/mol. The number of halogens is 2. The van der Waals surface area contributed by atoms with Gasteiger partial charge < -0.3 is 78.0 Å². The van der Waals surface area contributed by atoms with Gasteiger partial charge in [0.15, 0.2) is 5.78 Å². The maximum absolute atomic E-state index is 15.2. The molecule has 4 aromatic carbocycles. The first-order valence-corrected chi connectivity index (χ1v) is 32.7. The summed E-state index contributed by atoms with van der Waals surface area (Å²) in [6.45, 7) is 2.53. The molecule has 14 N–H and O–H groups in total. The fourth-order valence-corrected chi connectivity index (χ4v) is 12.3. The number of hydrogen-bond donors (Lipinski definition) is 13. The molecule has 528 valence electrons. The molecule has 100 heavy (non-hydrogen) atoms. The third-order valence-corrected chi connectivity index (χ3v) is 18.0. The van der Waals surface area contributed by atoms with Gasteiger partial charge >= 0.3 is 5.97 Å². The van der Waals surface area contributed by atoms with Gasteiger partial charge in [-0.05, 0) is 122 Å². The number of nitrogens with zero attached hydrogens (tertiary/aromatic N) is 2. The van der Waals surface area contributed by atoms with Crippen LogP contribution in [-0.4, -0.2) is 163 Å². The van der Waals surface area contributed by atoms with Crippen LogP contribution in [0.2, 0.25) is 0 Å². The van der Waals surface area contributed by atoms with Crippen LogP contribution in [0.1, 0.15) is 98.7 Å². The summed E-state index contributed by atoms with van der Waals surface area (Å²) < 4.78 is 35.1. The number of Topliss-reactive ketones (excluding diaryl/α,β-unsaturated/α-hetero) is 1. The molecule has 0 radical (unpaired) electrons. The number of primary amides is 1. The van der Waals surface area contributed by atoms with E-state index in [2.05, 4.69) is 62.5 Å². The summed E-state index contributed by atoms with van der Waals surface area (Å²) in [6.07, 6.45) is 3.19. The molecule has 3 aliphatic rings. The van der Waals surface area contributed by atoms with Crippen molar-refractivity contribution in [1.82, 2.24) is 67.4 Å². The van der Waals surface area contributed by atoms with E-state index < -0.39 is 144 Å². The molecule has 0 unspecified atom stereocenters. The van der Waals surface area contributed by atoms with E-state index >= 15 is 19.2 Å². The van der Waals surface area contributed by atoms with Crippen LogP contribution < -0.4 is 53.0 Å². The maximum atomic E-state index is 15.2. The molecule has 3 aliphatic heterocycles. The zero-order chi connectivity index (χ0) is 71.8. The number of hydrogen-bond acceptors (Lipinski definition) is 14. The van der Waals surface area contributed by atoms with Gasteiger partial charge in [0, 0.05) is 110 Å². The molecule has 2 bridgehead atoms. The van der Waals surface area contributed by atoms with Crippen LogP contribution in [0.15, 0.2) is 110 Å². The summed E-state index contributed by atoms with van der Waals surface area (Å²) in [5, 5.41) is 32.1. The van der Waals surface area contributed by atoms with Crippen LogP contribution in [0, 0.1) is 17.6 Å². The number of ether oxygens (including phenoxy) is 1. The first kappa shape index (κ1) is 72.9. The molecule has 6 heterocycles. The summed E-state index contributed by atoms with van der Waals surface area (Å²) in [7, 11) is 1.45. The Morgan fingerprint density at radius 2 is 1.26 bits per heavy atom. The average Bonchev–Trinajstić information content (AvgIpc) is 1.58. The Kier molecular flexibility index (Phi) is 24.3. The molecule has 0 aliphatic carbocycles. The topological polar surface area (TPSA) is 420 Å². The lowest BCUT2D eigenvalue weighted by atomic mass is 9.89. The number of methoxy groups -OCH3 is 1. The number of benzene rings is 4. The molecular formula is C70H80F2N14O14. The van der Waals surface area contributed by atoms with E-state index in [0.29, 0.717) is 55.4 Å². The summed E-state index contributed by atoms with van der Waals surface area (Å²) in [5.74, 6) is -12.9. The van der Waals surface area contributed by atoms with Crippen molar-refractivity contribution in [1.29, 1.82) is 0 Å². The molecule has 10 amide bonds. The highest BCUT2D eigenvalue weighted by Crippen LogP contribution is 2.32. The van der Waals surface area contributed by atoms with E-state index in [9.17, 15) is 52.2 Å². The van der Waals surface area contributed by atoms with E-state index in [1.165, 1.54) is 87.2 Å². The van der Waals surface area contributed by atoms with Crippen molar-refractivity contribution in [3.05, 3.63) is 155 Å². The van der Waals surface area contributed by atoms with Gasteiger partial charge in [-0.3, -0.25) is 57.5 Å². The number of aromatic nitrogens is 4. The number of fused-ring (bicyclic) bond motifs is 35. The minimum absolute atomic E-state index is 0.0189. The molecule has 7 aromatic rings. The van der Waals surface area contributed by atoms with E-state index in [1.807, 2.05) is 0 Å². The number of ketones is 1. The minimum atomic E-state index is -2.01. The van der Waals surface area contributed by atoms with E-state index in [4.69, 9.17) is 10.5 Å². The number of nitrogens with two attached hydrogens (primary N) is 1. The molecule has 1 saturated heterocycles. The first-order chi connectivity index (χ1) is 47.8. The number of aromatic amines is 3. The number of aliphatic carboxylic acids is 1. The molecule has 30 heteroatoms. The number of imidazole rings is 1. The number of carbonyl (C=O) groups excluding carboxylic acids is 11. The van der Waals surface area contributed by atoms with Crippen LogP contribution in [0.3, 0.4) is 0 Å². The predicted octanol–water partition coefficient (Wildman–Crippen LogP) is 2.32. The van der Waals surface area contributed by atoms with Gasteiger partial charge in [-0.1, -0.05) is 36.4 Å². The van der Waals surface area contributed by atoms with Gasteiger partial charge in [0.25, 0.3) is 0 Å². The van der Waals surface area contributed by atoms with Crippen LogP contribution in [0.4, 0.5) is 8.78 Å². The summed E-state index contributed by atoms with van der Waals surface area (Å²) in [5.41, 5.74) is 7.72.